The van der Waals surface area contributed by atoms with Gasteiger partial charge in [-0.15, -0.1) is 24.0 Å². The molecule has 0 saturated carbocycles. The predicted octanol–water partition coefficient (Wildman–Crippen LogP) is 3.71. The van der Waals surface area contributed by atoms with Crippen LogP contribution in [0.25, 0.3) is 0 Å². The number of rotatable bonds is 9. The minimum Gasteiger partial charge on any atom is -0.356 e. The molecule has 2 aromatic carbocycles. The highest BCUT2D eigenvalue weighted by molar-refractivity contribution is 14.0. The molecule has 0 bridgehead atoms. The summed E-state index contributed by atoms with van der Waals surface area (Å²) in [6.45, 7) is 8.06. The standard InChI is InChI=1S/C24H34FN5.HI/c1-26-24(28-19-22-11-5-6-12-23(22)25)27-13-7-8-14-29-15-17-30(18-16-29)20-21-9-3-2-4-10-21;/h2-6,9-12H,7-8,13-20H2,1H3,(H2,26,27,28);1H. The molecule has 170 valence electrons. The molecule has 0 atom stereocenters. The Hall–Kier alpha value is -1.71. The van der Waals surface area contributed by atoms with Gasteiger partial charge in [-0.1, -0.05) is 48.5 Å². The topological polar surface area (TPSA) is 42.9 Å². The fourth-order valence-corrected chi connectivity index (χ4v) is 3.72. The summed E-state index contributed by atoms with van der Waals surface area (Å²) in [5.74, 6) is 0.525. The van der Waals surface area contributed by atoms with Gasteiger partial charge in [-0.3, -0.25) is 9.89 Å². The van der Waals surface area contributed by atoms with Crippen LogP contribution in [0, 0.1) is 5.82 Å². The molecule has 0 aromatic heterocycles. The number of nitrogens with one attached hydrogen (secondary N) is 2. The number of unbranched alkanes of at least 4 members (excludes halogenated alkanes) is 1. The van der Waals surface area contributed by atoms with Gasteiger partial charge in [0, 0.05) is 58.4 Å². The predicted molar refractivity (Wildman–Crippen MR) is 137 cm³/mol. The first-order chi connectivity index (χ1) is 14.7. The smallest absolute Gasteiger partial charge is 0.191 e. The van der Waals surface area contributed by atoms with Gasteiger partial charge in [-0.2, -0.15) is 0 Å². The average molecular weight is 539 g/mol. The minimum atomic E-state index is -0.190. The molecular weight excluding hydrogens is 504 g/mol. The number of guanidine groups is 1. The maximum Gasteiger partial charge on any atom is 0.191 e. The zero-order chi connectivity index (χ0) is 21.0. The third-order valence-electron chi connectivity index (χ3n) is 5.54. The van der Waals surface area contributed by atoms with E-state index < -0.39 is 0 Å². The van der Waals surface area contributed by atoms with Gasteiger partial charge in [0.1, 0.15) is 5.82 Å². The Bertz CT molecular complexity index is 779. The van der Waals surface area contributed by atoms with Crippen LogP contribution in [-0.4, -0.2) is 62.1 Å². The van der Waals surface area contributed by atoms with Gasteiger partial charge >= 0.3 is 0 Å². The average Bonchev–Trinajstić information content (AvgIpc) is 2.78. The lowest BCUT2D eigenvalue weighted by Crippen LogP contribution is -2.46. The van der Waals surface area contributed by atoms with E-state index in [1.807, 2.05) is 6.07 Å². The van der Waals surface area contributed by atoms with Crippen molar-refractivity contribution in [2.45, 2.75) is 25.9 Å². The third-order valence-corrected chi connectivity index (χ3v) is 5.54. The molecule has 5 nitrogen and oxygen atoms in total. The van der Waals surface area contributed by atoms with Gasteiger partial charge in [-0.25, -0.2) is 4.39 Å². The van der Waals surface area contributed by atoms with Gasteiger partial charge in [0.2, 0.25) is 0 Å². The van der Waals surface area contributed by atoms with E-state index in [1.54, 1.807) is 19.2 Å². The van der Waals surface area contributed by atoms with E-state index in [0.29, 0.717) is 18.1 Å². The van der Waals surface area contributed by atoms with E-state index in [1.165, 1.54) is 11.6 Å². The summed E-state index contributed by atoms with van der Waals surface area (Å²) in [5.41, 5.74) is 2.04. The van der Waals surface area contributed by atoms with E-state index in [-0.39, 0.29) is 29.8 Å². The Morgan fingerprint density at radius 1 is 0.903 bits per heavy atom. The summed E-state index contributed by atoms with van der Waals surface area (Å²) in [6.07, 6.45) is 2.25. The molecule has 2 aromatic rings. The Kier molecular flexibility index (Phi) is 11.8. The number of nitrogens with zero attached hydrogens (tertiary/aromatic N) is 3. The monoisotopic (exact) mass is 539 g/mol. The van der Waals surface area contributed by atoms with Gasteiger partial charge < -0.3 is 15.5 Å². The van der Waals surface area contributed by atoms with Crippen LogP contribution in [0.3, 0.4) is 0 Å². The lowest BCUT2D eigenvalue weighted by molar-refractivity contribution is 0.126. The van der Waals surface area contributed by atoms with Crippen LogP contribution in [0.4, 0.5) is 4.39 Å². The summed E-state index contributed by atoms with van der Waals surface area (Å²) in [7, 11) is 1.74. The second-order valence-electron chi connectivity index (χ2n) is 7.75. The Morgan fingerprint density at radius 3 is 2.29 bits per heavy atom. The zero-order valence-electron chi connectivity index (χ0n) is 18.4. The summed E-state index contributed by atoms with van der Waals surface area (Å²) < 4.78 is 13.7. The fourth-order valence-electron chi connectivity index (χ4n) is 3.72. The first-order valence-electron chi connectivity index (χ1n) is 10.9. The molecule has 1 saturated heterocycles. The molecular formula is C24H35FIN5. The third kappa shape index (κ3) is 9.13. The van der Waals surface area contributed by atoms with E-state index in [9.17, 15) is 4.39 Å². The molecule has 7 heteroatoms. The van der Waals surface area contributed by atoms with Gasteiger partial charge in [-0.05, 0) is 31.0 Å². The molecule has 1 fully saturated rings. The van der Waals surface area contributed by atoms with Crippen molar-refractivity contribution in [2.75, 3.05) is 46.3 Å². The molecule has 0 unspecified atom stereocenters. The van der Waals surface area contributed by atoms with E-state index in [2.05, 4.69) is 55.8 Å². The zero-order valence-corrected chi connectivity index (χ0v) is 20.7. The van der Waals surface area contributed by atoms with Crippen LogP contribution in [0.1, 0.15) is 24.0 Å². The molecule has 0 radical (unpaired) electrons. The van der Waals surface area contributed by atoms with Crippen molar-refractivity contribution in [3.8, 4) is 0 Å². The maximum absolute atomic E-state index is 13.7. The lowest BCUT2D eigenvalue weighted by atomic mass is 10.2. The molecule has 0 amide bonds. The van der Waals surface area contributed by atoms with Crippen LogP contribution in [0.2, 0.25) is 0 Å². The number of hydrogen-bond donors (Lipinski definition) is 2. The van der Waals surface area contributed by atoms with Crippen molar-refractivity contribution in [3.05, 3.63) is 71.5 Å². The van der Waals surface area contributed by atoms with Crippen molar-refractivity contribution in [3.63, 3.8) is 0 Å². The number of piperazine rings is 1. The first-order valence-corrected chi connectivity index (χ1v) is 10.9. The van der Waals surface area contributed by atoms with Crippen molar-refractivity contribution < 1.29 is 4.39 Å². The normalized spacial score (nSPS) is 15.4. The van der Waals surface area contributed by atoms with Crippen LogP contribution >= 0.6 is 24.0 Å². The van der Waals surface area contributed by atoms with Crippen molar-refractivity contribution in [2.24, 2.45) is 4.99 Å². The van der Waals surface area contributed by atoms with Gasteiger partial charge in [0.15, 0.2) is 5.96 Å². The highest BCUT2D eigenvalue weighted by atomic mass is 127. The highest BCUT2D eigenvalue weighted by Gasteiger charge is 2.16. The largest absolute Gasteiger partial charge is 0.356 e. The molecule has 0 aliphatic carbocycles. The number of halogens is 2. The highest BCUT2D eigenvalue weighted by Crippen LogP contribution is 2.09. The first kappa shape index (κ1) is 25.5. The Morgan fingerprint density at radius 2 is 1.58 bits per heavy atom. The maximum atomic E-state index is 13.7. The van der Waals surface area contributed by atoms with E-state index in [0.717, 1.165) is 58.7 Å². The van der Waals surface area contributed by atoms with Crippen molar-refractivity contribution in [1.82, 2.24) is 20.4 Å². The number of benzene rings is 2. The summed E-state index contributed by atoms with van der Waals surface area (Å²) in [6, 6.07) is 17.5. The quantitative estimate of drug-likeness (QED) is 0.221. The van der Waals surface area contributed by atoms with Crippen LogP contribution in [-0.2, 0) is 13.1 Å². The van der Waals surface area contributed by atoms with Gasteiger partial charge in [0.05, 0.1) is 0 Å². The van der Waals surface area contributed by atoms with Gasteiger partial charge in [0.25, 0.3) is 0 Å². The fraction of sp³-hybridized carbons (Fsp3) is 0.458. The van der Waals surface area contributed by atoms with Crippen molar-refractivity contribution >= 4 is 29.9 Å². The Balaban J connectivity index is 0.00000341. The summed E-state index contributed by atoms with van der Waals surface area (Å²) in [5, 5.41) is 6.50. The lowest BCUT2D eigenvalue weighted by Gasteiger charge is -2.34. The molecule has 1 aliphatic rings. The molecule has 2 N–H and O–H groups in total. The second-order valence-corrected chi connectivity index (χ2v) is 7.75. The van der Waals surface area contributed by atoms with Crippen LogP contribution in [0.5, 0.6) is 0 Å². The molecule has 1 heterocycles. The summed E-state index contributed by atoms with van der Waals surface area (Å²) >= 11 is 0. The van der Waals surface area contributed by atoms with E-state index >= 15 is 0 Å². The molecule has 1 aliphatic heterocycles. The SMILES string of the molecule is CN=C(NCCCCN1CCN(Cc2ccccc2)CC1)NCc1ccccc1F.I. The van der Waals surface area contributed by atoms with Crippen molar-refractivity contribution in [1.29, 1.82) is 0 Å². The minimum absolute atomic E-state index is 0. The number of aliphatic imine (C=N–C) groups is 1. The molecule has 31 heavy (non-hydrogen) atoms. The molecule has 3 rings (SSSR count). The molecule has 0 spiro atoms. The van der Waals surface area contributed by atoms with Crippen LogP contribution < -0.4 is 10.6 Å². The van der Waals surface area contributed by atoms with Crippen LogP contribution in [0.15, 0.2) is 59.6 Å². The summed E-state index contributed by atoms with van der Waals surface area (Å²) in [4.78, 5) is 9.32. The second kappa shape index (κ2) is 14.4. The Labute approximate surface area is 203 Å². The number of hydrogen-bond acceptors (Lipinski definition) is 3. The van der Waals surface area contributed by atoms with E-state index in [4.69, 9.17) is 0 Å².